The molecule has 1 aliphatic rings. The van der Waals surface area contributed by atoms with Crippen LogP contribution in [0.25, 0.3) is 0 Å². The van der Waals surface area contributed by atoms with Gasteiger partial charge in [-0.3, -0.25) is 4.79 Å². The number of carbonyl (C=O) groups excluding carboxylic acids is 1. The highest BCUT2D eigenvalue weighted by Gasteiger charge is 2.27. The van der Waals surface area contributed by atoms with Gasteiger partial charge in [0.1, 0.15) is 12.7 Å². The molecule has 0 amide bonds. The summed E-state index contributed by atoms with van der Waals surface area (Å²) in [5.74, 6) is -0.283. The van der Waals surface area contributed by atoms with Gasteiger partial charge in [0.15, 0.2) is 0 Å². The molecule has 0 bridgehead atoms. The monoisotopic (exact) mass is 188 g/mol. The first-order chi connectivity index (χ1) is 6.09. The second kappa shape index (κ2) is 4.58. The molecule has 1 saturated heterocycles. The van der Waals surface area contributed by atoms with Crippen molar-refractivity contribution in [1.82, 2.24) is 0 Å². The van der Waals surface area contributed by atoms with E-state index in [-0.39, 0.29) is 30.9 Å². The molecule has 1 heterocycles. The predicted octanol–water partition coefficient (Wildman–Crippen LogP) is 0.742. The number of hydrogen-bond acceptors (Lipinski definition) is 4. The lowest BCUT2D eigenvalue weighted by Crippen LogP contribution is -2.43. The van der Waals surface area contributed by atoms with Crippen LogP contribution in [0.5, 0.6) is 0 Å². The molecule has 4 nitrogen and oxygen atoms in total. The fraction of sp³-hybridized carbons (Fsp3) is 0.889. The molecular formula is C9H16O4. The van der Waals surface area contributed by atoms with Crippen LogP contribution in [0.1, 0.15) is 20.8 Å². The van der Waals surface area contributed by atoms with Crippen molar-refractivity contribution in [2.24, 2.45) is 0 Å². The third-order valence-corrected chi connectivity index (χ3v) is 1.97. The van der Waals surface area contributed by atoms with Crippen LogP contribution in [0.4, 0.5) is 0 Å². The van der Waals surface area contributed by atoms with Crippen molar-refractivity contribution < 1.29 is 19.0 Å². The third kappa shape index (κ3) is 3.32. The molecule has 3 atom stereocenters. The Morgan fingerprint density at radius 3 is 2.77 bits per heavy atom. The van der Waals surface area contributed by atoms with Gasteiger partial charge in [0, 0.05) is 6.92 Å². The van der Waals surface area contributed by atoms with Gasteiger partial charge in [-0.05, 0) is 13.8 Å². The minimum atomic E-state index is -0.283. The molecule has 0 spiro atoms. The Morgan fingerprint density at radius 2 is 2.23 bits per heavy atom. The summed E-state index contributed by atoms with van der Waals surface area (Å²) in [7, 11) is 0. The zero-order chi connectivity index (χ0) is 9.84. The molecule has 0 aromatic carbocycles. The Kier molecular flexibility index (Phi) is 3.69. The van der Waals surface area contributed by atoms with Crippen LogP contribution in [0.15, 0.2) is 0 Å². The summed E-state index contributed by atoms with van der Waals surface area (Å²) >= 11 is 0. The Balaban J connectivity index is 2.29. The maximum absolute atomic E-state index is 10.5. The zero-order valence-corrected chi connectivity index (χ0v) is 8.28. The summed E-state index contributed by atoms with van der Waals surface area (Å²) in [6, 6.07) is 0. The quantitative estimate of drug-likeness (QED) is 0.600. The van der Waals surface area contributed by atoms with Gasteiger partial charge in [0.25, 0.3) is 0 Å². The summed E-state index contributed by atoms with van der Waals surface area (Å²) in [6.07, 6.45) is -0.00761. The maximum Gasteiger partial charge on any atom is 0.302 e. The molecule has 0 aliphatic carbocycles. The summed E-state index contributed by atoms with van der Waals surface area (Å²) in [4.78, 5) is 10.5. The van der Waals surface area contributed by atoms with Gasteiger partial charge >= 0.3 is 5.97 Å². The normalized spacial score (nSPS) is 34.2. The van der Waals surface area contributed by atoms with Crippen molar-refractivity contribution in [2.45, 2.75) is 39.1 Å². The fourth-order valence-corrected chi connectivity index (χ4v) is 1.27. The molecular weight excluding hydrogens is 172 g/mol. The SMILES string of the molecule is CC(=O)OCC1OCC(C)OC1C. The average Bonchev–Trinajstić information content (AvgIpc) is 2.02. The van der Waals surface area contributed by atoms with E-state index in [1.165, 1.54) is 6.92 Å². The Labute approximate surface area is 78.2 Å². The van der Waals surface area contributed by atoms with Crippen LogP contribution in [0.2, 0.25) is 0 Å². The first kappa shape index (κ1) is 10.5. The largest absolute Gasteiger partial charge is 0.463 e. The standard InChI is InChI=1S/C9H16O4/c1-6-4-12-9(7(2)13-6)5-11-8(3)10/h6-7,9H,4-5H2,1-3H3. The van der Waals surface area contributed by atoms with Gasteiger partial charge in [0.05, 0.1) is 18.8 Å². The predicted molar refractivity (Wildman–Crippen MR) is 46.4 cm³/mol. The molecule has 1 rings (SSSR count). The van der Waals surface area contributed by atoms with Crippen LogP contribution in [-0.4, -0.2) is 37.5 Å². The van der Waals surface area contributed by atoms with Crippen LogP contribution in [0.3, 0.4) is 0 Å². The van der Waals surface area contributed by atoms with Gasteiger partial charge in [-0.25, -0.2) is 0 Å². The molecule has 1 fully saturated rings. The highest BCUT2D eigenvalue weighted by atomic mass is 16.6. The van der Waals surface area contributed by atoms with Crippen LogP contribution >= 0.6 is 0 Å². The Morgan fingerprint density at radius 1 is 1.54 bits per heavy atom. The van der Waals surface area contributed by atoms with E-state index in [1.807, 2.05) is 13.8 Å². The van der Waals surface area contributed by atoms with Gasteiger partial charge < -0.3 is 14.2 Å². The van der Waals surface area contributed by atoms with Crippen molar-refractivity contribution in [1.29, 1.82) is 0 Å². The molecule has 0 aromatic rings. The van der Waals surface area contributed by atoms with Crippen LogP contribution in [0, 0.1) is 0 Å². The van der Waals surface area contributed by atoms with Crippen molar-refractivity contribution >= 4 is 5.97 Å². The lowest BCUT2D eigenvalue weighted by atomic mass is 10.2. The number of carbonyl (C=O) groups is 1. The van der Waals surface area contributed by atoms with Crippen LogP contribution < -0.4 is 0 Å². The highest BCUT2D eigenvalue weighted by molar-refractivity contribution is 5.65. The van der Waals surface area contributed by atoms with E-state index in [0.717, 1.165) is 0 Å². The lowest BCUT2D eigenvalue weighted by molar-refractivity contribution is -0.187. The summed E-state index contributed by atoms with van der Waals surface area (Å²) in [6.45, 7) is 6.11. The van der Waals surface area contributed by atoms with E-state index in [1.54, 1.807) is 0 Å². The fourth-order valence-electron chi connectivity index (χ4n) is 1.27. The molecule has 3 unspecified atom stereocenters. The minimum Gasteiger partial charge on any atom is -0.463 e. The number of esters is 1. The molecule has 0 N–H and O–H groups in total. The lowest BCUT2D eigenvalue weighted by Gasteiger charge is -2.32. The Hall–Kier alpha value is -0.610. The van der Waals surface area contributed by atoms with Crippen molar-refractivity contribution in [3.63, 3.8) is 0 Å². The number of ether oxygens (including phenoxy) is 3. The first-order valence-electron chi connectivity index (χ1n) is 4.50. The Bertz CT molecular complexity index is 180. The highest BCUT2D eigenvalue weighted by Crippen LogP contribution is 2.14. The smallest absolute Gasteiger partial charge is 0.302 e. The van der Waals surface area contributed by atoms with E-state index < -0.39 is 0 Å². The topological polar surface area (TPSA) is 44.8 Å². The van der Waals surface area contributed by atoms with E-state index in [0.29, 0.717) is 6.61 Å². The summed E-state index contributed by atoms with van der Waals surface area (Å²) < 4.78 is 15.8. The second-order valence-corrected chi connectivity index (χ2v) is 3.33. The van der Waals surface area contributed by atoms with Gasteiger partial charge in [0.2, 0.25) is 0 Å². The minimum absolute atomic E-state index is 0.0110. The molecule has 0 radical (unpaired) electrons. The molecule has 4 heteroatoms. The summed E-state index contributed by atoms with van der Waals surface area (Å²) in [5.41, 5.74) is 0. The van der Waals surface area contributed by atoms with Gasteiger partial charge in [-0.1, -0.05) is 0 Å². The average molecular weight is 188 g/mol. The third-order valence-electron chi connectivity index (χ3n) is 1.97. The molecule has 76 valence electrons. The first-order valence-corrected chi connectivity index (χ1v) is 4.50. The van der Waals surface area contributed by atoms with E-state index in [9.17, 15) is 4.79 Å². The number of rotatable bonds is 2. The number of hydrogen-bond donors (Lipinski definition) is 0. The maximum atomic E-state index is 10.5. The van der Waals surface area contributed by atoms with Crippen LogP contribution in [-0.2, 0) is 19.0 Å². The second-order valence-electron chi connectivity index (χ2n) is 3.33. The molecule has 0 aromatic heterocycles. The zero-order valence-electron chi connectivity index (χ0n) is 8.28. The van der Waals surface area contributed by atoms with Gasteiger partial charge in [-0.2, -0.15) is 0 Å². The van der Waals surface area contributed by atoms with Crippen molar-refractivity contribution in [3.8, 4) is 0 Å². The molecule has 0 saturated carbocycles. The van der Waals surface area contributed by atoms with E-state index in [2.05, 4.69) is 0 Å². The van der Waals surface area contributed by atoms with Crippen molar-refractivity contribution in [2.75, 3.05) is 13.2 Å². The summed E-state index contributed by atoms with van der Waals surface area (Å²) in [5, 5.41) is 0. The van der Waals surface area contributed by atoms with E-state index in [4.69, 9.17) is 14.2 Å². The molecule has 13 heavy (non-hydrogen) atoms. The van der Waals surface area contributed by atoms with E-state index >= 15 is 0 Å². The molecule has 1 aliphatic heterocycles. The van der Waals surface area contributed by atoms with Gasteiger partial charge in [-0.15, -0.1) is 0 Å². The van der Waals surface area contributed by atoms with Crippen molar-refractivity contribution in [3.05, 3.63) is 0 Å².